The SMILES string of the molecule is C[C@@H]1Cc2nn3c(c2CN1C(=O)Nc1ccc(F)c(C#N)c1)C(=O)N(C)C[C@@H](CO)C3. The molecule has 0 bridgehead atoms. The summed E-state index contributed by atoms with van der Waals surface area (Å²) in [6, 6.07) is 4.99. The van der Waals surface area contributed by atoms with Crippen molar-refractivity contribution in [2.45, 2.75) is 32.5 Å². The van der Waals surface area contributed by atoms with Gasteiger partial charge in [-0.1, -0.05) is 0 Å². The molecule has 4 rings (SSSR count). The predicted octanol–water partition coefficient (Wildman–Crippen LogP) is 1.57. The van der Waals surface area contributed by atoms with Crippen LogP contribution in [-0.2, 0) is 19.5 Å². The van der Waals surface area contributed by atoms with Crippen molar-refractivity contribution in [1.82, 2.24) is 19.6 Å². The maximum Gasteiger partial charge on any atom is 0.322 e. The molecule has 1 aromatic heterocycles. The molecule has 2 aliphatic rings. The predicted molar refractivity (Wildman–Crippen MR) is 109 cm³/mol. The highest BCUT2D eigenvalue weighted by atomic mass is 19.1. The Kier molecular flexibility index (Phi) is 5.37. The van der Waals surface area contributed by atoms with E-state index >= 15 is 0 Å². The van der Waals surface area contributed by atoms with Crippen LogP contribution in [0.3, 0.4) is 0 Å². The van der Waals surface area contributed by atoms with Gasteiger partial charge in [0, 0.05) is 56.4 Å². The smallest absolute Gasteiger partial charge is 0.322 e. The number of urea groups is 1. The van der Waals surface area contributed by atoms with Crippen molar-refractivity contribution in [2.24, 2.45) is 5.92 Å². The topological polar surface area (TPSA) is 114 Å². The molecule has 1 aromatic carbocycles. The Hall–Kier alpha value is -3.45. The summed E-state index contributed by atoms with van der Waals surface area (Å²) in [5.74, 6) is -0.944. The standard InChI is InChI=1S/C21H23FN6O3/c1-12-5-18-16(19-20(30)26(2)8-13(11-29)9-28(19)25-18)10-27(12)21(31)24-15-3-4-17(22)14(6-15)7-23/h3-4,6,12-13,29H,5,8-11H2,1-2H3,(H,24,31)/t12-,13-/m1/s1. The van der Waals surface area contributed by atoms with Crippen LogP contribution < -0.4 is 5.32 Å². The molecule has 0 saturated heterocycles. The fourth-order valence-electron chi connectivity index (χ4n) is 4.19. The molecule has 10 heteroatoms. The third-order valence-electron chi connectivity index (χ3n) is 5.85. The number of nitriles is 1. The average Bonchev–Trinajstić information content (AvgIpc) is 3.03. The minimum absolute atomic E-state index is 0.0468. The Labute approximate surface area is 178 Å². The van der Waals surface area contributed by atoms with Crippen LogP contribution in [0, 0.1) is 23.1 Å². The zero-order valence-corrected chi connectivity index (χ0v) is 17.3. The molecule has 3 heterocycles. The van der Waals surface area contributed by atoms with Crippen molar-refractivity contribution in [1.29, 1.82) is 5.26 Å². The number of aromatic nitrogens is 2. The maximum absolute atomic E-state index is 13.6. The zero-order valence-electron chi connectivity index (χ0n) is 17.3. The largest absolute Gasteiger partial charge is 0.396 e. The molecule has 9 nitrogen and oxygen atoms in total. The van der Waals surface area contributed by atoms with Gasteiger partial charge in [-0.05, 0) is 25.1 Å². The fraction of sp³-hybridized carbons (Fsp3) is 0.429. The van der Waals surface area contributed by atoms with E-state index in [9.17, 15) is 19.1 Å². The monoisotopic (exact) mass is 426 g/mol. The molecule has 2 N–H and O–H groups in total. The minimum atomic E-state index is -0.650. The molecule has 0 saturated carbocycles. The fourth-order valence-corrected chi connectivity index (χ4v) is 4.19. The molecule has 2 atom stereocenters. The van der Waals surface area contributed by atoms with Gasteiger partial charge in [-0.2, -0.15) is 10.4 Å². The van der Waals surface area contributed by atoms with Crippen LogP contribution in [-0.4, -0.2) is 62.9 Å². The number of nitrogens with zero attached hydrogens (tertiary/aromatic N) is 5. The molecule has 0 unspecified atom stereocenters. The lowest BCUT2D eigenvalue weighted by atomic mass is 9.99. The number of nitrogens with one attached hydrogen (secondary N) is 1. The average molecular weight is 426 g/mol. The summed E-state index contributed by atoms with van der Waals surface area (Å²) < 4.78 is 15.2. The van der Waals surface area contributed by atoms with Crippen LogP contribution in [0.1, 0.15) is 34.2 Å². The summed E-state index contributed by atoms with van der Waals surface area (Å²) in [5.41, 5.74) is 2.10. The first-order valence-corrected chi connectivity index (χ1v) is 10.0. The Morgan fingerprint density at radius 3 is 2.90 bits per heavy atom. The number of rotatable bonds is 2. The number of anilines is 1. The van der Waals surface area contributed by atoms with E-state index in [2.05, 4.69) is 10.4 Å². The third-order valence-corrected chi connectivity index (χ3v) is 5.85. The maximum atomic E-state index is 13.6. The zero-order chi connectivity index (χ0) is 22.3. The molecule has 162 valence electrons. The van der Waals surface area contributed by atoms with Crippen LogP contribution in [0.25, 0.3) is 0 Å². The van der Waals surface area contributed by atoms with Crippen molar-refractivity contribution in [3.63, 3.8) is 0 Å². The van der Waals surface area contributed by atoms with E-state index in [4.69, 9.17) is 5.26 Å². The van der Waals surface area contributed by atoms with Crippen LogP contribution in [0.2, 0.25) is 0 Å². The number of halogens is 1. The van der Waals surface area contributed by atoms with Gasteiger partial charge >= 0.3 is 6.03 Å². The highest BCUT2D eigenvalue weighted by molar-refractivity contribution is 5.95. The molecule has 31 heavy (non-hydrogen) atoms. The summed E-state index contributed by atoms with van der Waals surface area (Å²) in [4.78, 5) is 29.1. The van der Waals surface area contributed by atoms with Gasteiger partial charge in [0.15, 0.2) is 0 Å². The number of hydrogen-bond acceptors (Lipinski definition) is 5. The Morgan fingerprint density at radius 2 is 2.19 bits per heavy atom. The van der Waals surface area contributed by atoms with Crippen molar-refractivity contribution >= 4 is 17.6 Å². The summed E-state index contributed by atoms with van der Waals surface area (Å²) in [5, 5.41) is 25.9. The number of carbonyl (C=O) groups excluding carboxylic acids is 2. The molecule has 3 amide bonds. The third kappa shape index (κ3) is 3.72. The first-order chi connectivity index (χ1) is 14.8. The summed E-state index contributed by atoms with van der Waals surface area (Å²) >= 11 is 0. The van der Waals surface area contributed by atoms with E-state index in [1.54, 1.807) is 27.6 Å². The quantitative estimate of drug-likeness (QED) is 0.757. The number of aliphatic hydroxyl groups is 1. The van der Waals surface area contributed by atoms with Gasteiger partial charge in [-0.3, -0.25) is 9.48 Å². The Morgan fingerprint density at radius 1 is 1.42 bits per heavy atom. The molecular weight excluding hydrogens is 403 g/mol. The first kappa shape index (κ1) is 20.8. The highest BCUT2D eigenvalue weighted by Gasteiger charge is 2.37. The van der Waals surface area contributed by atoms with Crippen molar-refractivity contribution in [2.75, 3.05) is 25.5 Å². The van der Waals surface area contributed by atoms with Gasteiger partial charge in [-0.15, -0.1) is 0 Å². The number of aliphatic hydroxyl groups excluding tert-OH is 1. The van der Waals surface area contributed by atoms with Crippen LogP contribution in [0.5, 0.6) is 0 Å². The number of hydrogen-bond donors (Lipinski definition) is 2. The second kappa shape index (κ2) is 8.00. The van der Waals surface area contributed by atoms with E-state index in [1.165, 1.54) is 12.1 Å². The van der Waals surface area contributed by atoms with Crippen molar-refractivity contribution in [3.05, 3.63) is 46.5 Å². The minimum Gasteiger partial charge on any atom is -0.396 e. The van der Waals surface area contributed by atoms with E-state index < -0.39 is 11.8 Å². The van der Waals surface area contributed by atoms with Crippen LogP contribution >= 0.6 is 0 Å². The lowest BCUT2D eigenvalue weighted by molar-refractivity contribution is 0.0761. The van der Waals surface area contributed by atoms with Crippen molar-refractivity contribution < 1.29 is 19.1 Å². The van der Waals surface area contributed by atoms with Gasteiger partial charge < -0.3 is 20.2 Å². The van der Waals surface area contributed by atoms with Gasteiger partial charge in [0.2, 0.25) is 0 Å². The number of fused-ring (bicyclic) bond motifs is 3. The van der Waals surface area contributed by atoms with E-state index in [0.29, 0.717) is 36.5 Å². The Bertz CT molecular complexity index is 1090. The van der Waals surface area contributed by atoms with Crippen molar-refractivity contribution in [3.8, 4) is 6.07 Å². The normalized spacial score (nSPS) is 20.5. The van der Waals surface area contributed by atoms with E-state index in [-0.39, 0.29) is 36.6 Å². The number of benzene rings is 1. The number of amides is 3. The summed E-state index contributed by atoms with van der Waals surface area (Å²) in [7, 11) is 1.69. The van der Waals surface area contributed by atoms with Gasteiger partial charge in [0.25, 0.3) is 5.91 Å². The first-order valence-electron chi connectivity index (χ1n) is 10.0. The summed E-state index contributed by atoms with van der Waals surface area (Å²) in [6.07, 6.45) is 0.483. The molecule has 2 aliphatic heterocycles. The molecular formula is C21H23FN6O3. The summed E-state index contributed by atoms with van der Waals surface area (Å²) in [6.45, 7) is 2.91. The molecule has 0 fully saturated rings. The molecule has 0 spiro atoms. The number of carbonyl (C=O) groups is 2. The Balaban J connectivity index is 1.61. The molecule has 2 aromatic rings. The highest BCUT2D eigenvalue weighted by Crippen LogP contribution is 2.29. The van der Waals surface area contributed by atoms with Gasteiger partial charge in [0.1, 0.15) is 17.6 Å². The van der Waals surface area contributed by atoms with Crippen LogP contribution in [0.4, 0.5) is 14.9 Å². The van der Waals surface area contributed by atoms with E-state index in [1.807, 2.05) is 6.92 Å². The molecule has 0 radical (unpaired) electrons. The second-order valence-corrected chi connectivity index (χ2v) is 8.11. The van der Waals surface area contributed by atoms with Gasteiger partial charge in [0.05, 0.1) is 17.8 Å². The lowest BCUT2D eigenvalue weighted by Gasteiger charge is -2.33. The van der Waals surface area contributed by atoms with Crippen LogP contribution in [0.15, 0.2) is 18.2 Å². The van der Waals surface area contributed by atoms with E-state index in [0.717, 1.165) is 11.8 Å². The lowest BCUT2D eigenvalue weighted by Crippen LogP contribution is -2.45. The van der Waals surface area contributed by atoms with Gasteiger partial charge in [-0.25, -0.2) is 9.18 Å². The molecule has 0 aliphatic carbocycles. The second-order valence-electron chi connectivity index (χ2n) is 8.11.